The Balaban J connectivity index is 0.00000243. The average molecular weight is 490 g/mol. The number of hydrogen-bond donors (Lipinski definition) is 1. The maximum Gasteiger partial charge on any atom is 0.191 e. The van der Waals surface area contributed by atoms with Gasteiger partial charge in [0.2, 0.25) is 0 Å². The number of anilines is 2. The summed E-state index contributed by atoms with van der Waals surface area (Å²) in [5.74, 6) is 0.344. The molecule has 26 heavy (non-hydrogen) atoms. The highest BCUT2D eigenvalue weighted by Crippen LogP contribution is 2.19. The van der Waals surface area contributed by atoms with Gasteiger partial charge < -0.3 is 20.4 Å². The predicted octanol–water partition coefficient (Wildman–Crippen LogP) is 2.60. The van der Waals surface area contributed by atoms with Crippen molar-refractivity contribution in [1.82, 2.24) is 9.88 Å². The van der Waals surface area contributed by atoms with Crippen molar-refractivity contribution >= 4 is 52.1 Å². The first kappa shape index (κ1) is 20.7. The second-order valence-corrected chi connectivity index (χ2v) is 6.98. The Labute approximate surface area is 174 Å². The smallest absolute Gasteiger partial charge is 0.191 e. The van der Waals surface area contributed by atoms with Crippen molar-refractivity contribution < 1.29 is 4.39 Å². The number of aromatic nitrogens is 1. The highest BCUT2D eigenvalue weighted by molar-refractivity contribution is 14.0. The Morgan fingerprint density at radius 3 is 2.46 bits per heavy atom. The molecule has 1 saturated heterocycles. The zero-order valence-electron chi connectivity index (χ0n) is 14.9. The van der Waals surface area contributed by atoms with E-state index in [1.54, 1.807) is 11.3 Å². The van der Waals surface area contributed by atoms with Crippen molar-refractivity contribution in [3.05, 3.63) is 41.2 Å². The lowest BCUT2D eigenvalue weighted by Crippen LogP contribution is -2.51. The summed E-state index contributed by atoms with van der Waals surface area (Å²) in [6.07, 6.45) is 0. The number of guanidine groups is 1. The summed E-state index contributed by atoms with van der Waals surface area (Å²) >= 11 is 1.60. The van der Waals surface area contributed by atoms with Gasteiger partial charge in [-0.1, -0.05) is 0 Å². The molecule has 1 fully saturated rings. The van der Waals surface area contributed by atoms with E-state index in [1.807, 2.05) is 36.5 Å². The number of halogens is 2. The van der Waals surface area contributed by atoms with Gasteiger partial charge in [0.05, 0.1) is 12.2 Å². The molecule has 2 N–H and O–H groups in total. The fourth-order valence-corrected chi connectivity index (χ4v) is 3.43. The molecule has 0 spiro atoms. The van der Waals surface area contributed by atoms with E-state index in [0.29, 0.717) is 12.5 Å². The van der Waals surface area contributed by atoms with Crippen molar-refractivity contribution in [3.8, 4) is 0 Å². The minimum atomic E-state index is -0.210. The molecule has 6 nitrogen and oxygen atoms in total. The molecule has 0 bridgehead atoms. The lowest BCUT2D eigenvalue weighted by atomic mass is 10.2. The van der Waals surface area contributed by atoms with E-state index < -0.39 is 0 Å². The third-order valence-corrected chi connectivity index (χ3v) is 5.18. The van der Waals surface area contributed by atoms with Crippen LogP contribution < -0.4 is 15.5 Å². The summed E-state index contributed by atoms with van der Waals surface area (Å²) in [7, 11) is 3.95. The molecule has 1 aliphatic rings. The third-order valence-electron chi connectivity index (χ3n) is 4.12. The van der Waals surface area contributed by atoms with Gasteiger partial charge >= 0.3 is 0 Å². The molecule has 0 unspecified atom stereocenters. The van der Waals surface area contributed by atoms with Gasteiger partial charge in [0.25, 0.3) is 0 Å². The van der Waals surface area contributed by atoms with Crippen LogP contribution >= 0.6 is 35.3 Å². The summed E-state index contributed by atoms with van der Waals surface area (Å²) in [4.78, 5) is 15.3. The van der Waals surface area contributed by atoms with Crippen LogP contribution in [0.5, 0.6) is 0 Å². The van der Waals surface area contributed by atoms with E-state index in [1.165, 1.54) is 12.1 Å². The maximum absolute atomic E-state index is 13.0. The summed E-state index contributed by atoms with van der Waals surface area (Å²) in [6.45, 7) is 3.76. The van der Waals surface area contributed by atoms with E-state index in [4.69, 9.17) is 5.73 Å². The number of aliphatic imine (C=N–C) groups is 1. The first-order valence-electron chi connectivity index (χ1n) is 8.20. The molecule has 0 atom stereocenters. The lowest BCUT2D eigenvalue weighted by molar-refractivity contribution is 0.380. The van der Waals surface area contributed by atoms with Crippen LogP contribution in [0.1, 0.15) is 5.69 Å². The lowest BCUT2D eigenvalue weighted by Gasteiger charge is -2.36. The second-order valence-electron chi connectivity index (χ2n) is 6.14. The van der Waals surface area contributed by atoms with Crippen LogP contribution in [0.15, 0.2) is 34.6 Å². The van der Waals surface area contributed by atoms with Crippen molar-refractivity contribution in [3.63, 3.8) is 0 Å². The second kappa shape index (κ2) is 9.36. The number of nitrogens with zero attached hydrogens (tertiary/aromatic N) is 5. The molecule has 1 aromatic heterocycles. The quantitative estimate of drug-likeness (QED) is 0.406. The minimum Gasteiger partial charge on any atom is -0.370 e. The Bertz CT molecular complexity index is 725. The Hall–Kier alpha value is -1.62. The summed E-state index contributed by atoms with van der Waals surface area (Å²) in [6, 6.07) is 6.61. The molecule has 1 aromatic carbocycles. The summed E-state index contributed by atoms with van der Waals surface area (Å²) in [5.41, 5.74) is 8.11. The van der Waals surface area contributed by atoms with E-state index in [-0.39, 0.29) is 29.8 Å². The SMILES string of the molecule is CN(C)c1nc(CN=C(N)N2CCN(c3ccc(F)cc3)CC2)cs1.I. The first-order chi connectivity index (χ1) is 12.0. The van der Waals surface area contributed by atoms with Crippen molar-refractivity contribution in [2.24, 2.45) is 10.7 Å². The van der Waals surface area contributed by atoms with Crippen LogP contribution in [-0.4, -0.2) is 56.1 Å². The number of hydrogen-bond acceptors (Lipinski definition) is 5. The van der Waals surface area contributed by atoms with Crippen molar-refractivity contribution in [1.29, 1.82) is 0 Å². The van der Waals surface area contributed by atoms with Crippen LogP contribution in [0.3, 0.4) is 0 Å². The monoisotopic (exact) mass is 490 g/mol. The topological polar surface area (TPSA) is 61.0 Å². The Morgan fingerprint density at radius 2 is 1.88 bits per heavy atom. The van der Waals surface area contributed by atoms with Crippen LogP contribution in [-0.2, 0) is 6.54 Å². The van der Waals surface area contributed by atoms with E-state index in [9.17, 15) is 4.39 Å². The van der Waals surface area contributed by atoms with Gasteiger partial charge in [0.1, 0.15) is 5.82 Å². The van der Waals surface area contributed by atoms with Gasteiger partial charge in [-0.05, 0) is 24.3 Å². The van der Waals surface area contributed by atoms with Crippen LogP contribution in [0.4, 0.5) is 15.2 Å². The van der Waals surface area contributed by atoms with Gasteiger partial charge in [-0.2, -0.15) is 0 Å². The van der Waals surface area contributed by atoms with Gasteiger partial charge in [0, 0.05) is 51.3 Å². The molecule has 9 heteroatoms. The number of thiazole rings is 1. The first-order valence-corrected chi connectivity index (χ1v) is 9.08. The van der Waals surface area contributed by atoms with Crippen LogP contribution in [0.2, 0.25) is 0 Å². The molecule has 1 aliphatic heterocycles. The van der Waals surface area contributed by atoms with Crippen molar-refractivity contribution in [2.45, 2.75) is 6.54 Å². The van der Waals surface area contributed by atoms with Gasteiger partial charge in [-0.25, -0.2) is 14.4 Å². The number of nitrogens with two attached hydrogens (primary N) is 1. The third kappa shape index (κ3) is 5.19. The standard InChI is InChI=1S/C17H23FN6S.HI/c1-22(2)17-21-14(12-25-17)11-20-16(19)24-9-7-23(8-10-24)15-5-3-13(18)4-6-15;/h3-6,12H,7-11H2,1-2H3,(H2,19,20);1H. The zero-order chi connectivity index (χ0) is 17.8. The highest BCUT2D eigenvalue weighted by atomic mass is 127. The van der Waals surface area contributed by atoms with E-state index in [2.05, 4.69) is 19.8 Å². The maximum atomic E-state index is 13.0. The minimum absolute atomic E-state index is 0. The number of piperazine rings is 1. The molecule has 2 heterocycles. The zero-order valence-corrected chi connectivity index (χ0v) is 18.1. The molecule has 2 aromatic rings. The molecule has 3 rings (SSSR count). The Kier molecular flexibility index (Phi) is 7.44. The molecule has 0 aliphatic carbocycles. The van der Waals surface area contributed by atoms with Gasteiger partial charge in [0.15, 0.2) is 11.1 Å². The van der Waals surface area contributed by atoms with Crippen LogP contribution in [0, 0.1) is 5.82 Å². The number of benzene rings is 1. The molecule has 142 valence electrons. The summed E-state index contributed by atoms with van der Waals surface area (Å²) < 4.78 is 13.0. The number of rotatable bonds is 4. The van der Waals surface area contributed by atoms with E-state index >= 15 is 0 Å². The molecular weight excluding hydrogens is 466 g/mol. The average Bonchev–Trinajstić information content (AvgIpc) is 3.10. The fourth-order valence-electron chi connectivity index (χ4n) is 2.68. The van der Waals surface area contributed by atoms with Gasteiger partial charge in [-0.3, -0.25) is 0 Å². The molecule has 0 radical (unpaired) electrons. The largest absolute Gasteiger partial charge is 0.370 e. The Morgan fingerprint density at radius 1 is 1.23 bits per heavy atom. The van der Waals surface area contributed by atoms with Crippen LogP contribution in [0.25, 0.3) is 0 Å². The van der Waals surface area contributed by atoms with E-state index in [0.717, 1.165) is 42.7 Å². The van der Waals surface area contributed by atoms with Crippen molar-refractivity contribution in [2.75, 3.05) is 50.1 Å². The fraction of sp³-hybridized carbons (Fsp3) is 0.412. The predicted molar refractivity (Wildman–Crippen MR) is 117 cm³/mol. The molecule has 0 amide bonds. The summed E-state index contributed by atoms with van der Waals surface area (Å²) in [5, 5.41) is 2.98. The molecule has 0 saturated carbocycles. The normalized spacial score (nSPS) is 15.0. The highest BCUT2D eigenvalue weighted by Gasteiger charge is 2.18. The molecular formula is C17H24FIN6S. The van der Waals surface area contributed by atoms with Gasteiger partial charge in [-0.15, -0.1) is 35.3 Å².